The molecule has 0 unspecified atom stereocenters. The smallest absolute Gasteiger partial charge is 0.212 e. The zero-order valence-electron chi connectivity index (χ0n) is 15.2. The van der Waals surface area contributed by atoms with Gasteiger partial charge in [0.15, 0.2) is 5.82 Å². The number of aryl methyl sites for hydroxylation is 1. The van der Waals surface area contributed by atoms with E-state index in [4.69, 9.17) is 4.74 Å². The Labute approximate surface area is 158 Å². The van der Waals surface area contributed by atoms with Crippen LogP contribution in [0.1, 0.15) is 30.8 Å². The van der Waals surface area contributed by atoms with Gasteiger partial charge in [-0.15, -0.1) is 10.2 Å². The Morgan fingerprint density at radius 1 is 1.08 bits per heavy atom. The van der Waals surface area contributed by atoms with Gasteiger partial charge in [-0.2, -0.15) is 9.78 Å². The molecule has 6 heteroatoms. The molecule has 5 nitrogen and oxygen atoms in total. The van der Waals surface area contributed by atoms with Crippen LogP contribution in [0.5, 0.6) is 5.75 Å². The van der Waals surface area contributed by atoms with E-state index in [1.807, 2.05) is 69.5 Å². The molecule has 134 valence electrons. The first-order chi connectivity index (χ1) is 12.6. The predicted molar refractivity (Wildman–Crippen MR) is 106 cm³/mol. The summed E-state index contributed by atoms with van der Waals surface area (Å²) in [6.07, 6.45) is 1.97. The summed E-state index contributed by atoms with van der Waals surface area (Å²) in [5.74, 6) is 2.45. The largest absolute Gasteiger partial charge is 0.491 e. The lowest BCUT2D eigenvalue weighted by atomic mass is 10.2. The lowest BCUT2D eigenvalue weighted by molar-refractivity contribution is 0.242. The normalized spacial score (nSPS) is 11.4. The summed E-state index contributed by atoms with van der Waals surface area (Å²) in [4.78, 5) is 0. The number of hydrogen-bond donors (Lipinski definition) is 0. The summed E-state index contributed by atoms with van der Waals surface area (Å²) in [6, 6.07) is 18.2. The Bertz CT molecular complexity index is 857. The average molecular weight is 366 g/mol. The Hall–Kier alpha value is -2.60. The Morgan fingerprint density at radius 3 is 2.50 bits per heavy atom. The molecule has 0 saturated carbocycles. The van der Waals surface area contributed by atoms with Gasteiger partial charge in [0.2, 0.25) is 5.16 Å². The molecule has 0 amide bonds. The maximum Gasteiger partial charge on any atom is 0.212 e. The van der Waals surface area contributed by atoms with Gasteiger partial charge in [-0.25, -0.2) is 0 Å². The second-order valence-corrected chi connectivity index (χ2v) is 7.04. The summed E-state index contributed by atoms with van der Waals surface area (Å²) in [6.45, 7) is 5.92. The monoisotopic (exact) mass is 366 g/mol. The van der Waals surface area contributed by atoms with E-state index < -0.39 is 0 Å². The van der Waals surface area contributed by atoms with Gasteiger partial charge in [0.25, 0.3) is 0 Å². The number of benzene rings is 2. The van der Waals surface area contributed by atoms with Crippen molar-refractivity contribution in [2.75, 3.05) is 0 Å². The van der Waals surface area contributed by atoms with Crippen molar-refractivity contribution in [3.8, 4) is 5.75 Å². The van der Waals surface area contributed by atoms with E-state index in [0.717, 1.165) is 28.0 Å². The Balaban J connectivity index is 1.69. The molecular weight excluding hydrogens is 344 g/mol. The molecule has 3 aromatic rings. The van der Waals surface area contributed by atoms with Crippen molar-refractivity contribution in [1.29, 1.82) is 0 Å². The number of aromatic nitrogens is 3. The fraction of sp³-hybridized carbons (Fsp3) is 0.250. The molecule has 0 radical (unpaired) electrons. The highest BCUT2D eigenvalue weighted by molar-refractivity contribution is 7.98. The van der Waals surface area contributed by atoms with E-state index in [1.165, 1.54) is 5.56 Å². The second-order valence-electron chi connectivity index (χ2n) is 6.10. The van der Waals surface area contributed by atoms with Crippen LogP contribution < -0.4 is 4.74 Å². The van der Waals surface area contributed by atoms with Crippen LogP contribution in [0.25, 0.3) is 0 Å². The first-order valence-electron chi connectivity index (χ1n) is 8.51. The van der Waals surface area contributed by atoms with E-state index in [1.54, 1.807) is 16.4 Å². The highest BCUT2D eigenvalue weighted by Crippen LogP contribution is 2.21. The van der Waals surface area contributed by atoms with Crippen LogP contribution >= 0.6 is 11.8 Å². The molecule has 0 saturated heterocycles. The summed E-state index contributed by atoms with van der Waals surface area (Å²) in [7, 11) is 0. The number of ether oxygens (including phenoxy) is 1. The Morgan fingerprint density at radius 2 is 1.81 bits per heavy atom. The summed E-state index contributed by atoms with van der Waals surface area (Å²) in [5.41, 5.74) is 2.24. The van der Waals surface area contributed by atoms with Crippen LogP contribution in [0.3, 0.4) is 0 Å². The van der Waals surface area contributed by atoms with Crippen LogP contribution in [-0.4, -0.2) is 27.2 Å². The molecule has 26 heavy (non-hydrogen) atoms. The summed E-state index contributed by atoms with van der Waals surface area (Å²) in [5, 5.41) is 13.7. The zero-order valence-corrected chi connectivity index (χ0v) is 16.0. The van der Waals surface area contributed by atoms with Gasteiger partial charge in [-0.05, 0) is 56.2 Å². The Kier molecular flexibility index (Phi) is 6.07. The van der Waals surface area contributed by atoms with Crippen LogP contribution in [0.4, 0.5) is 0 Å². The fourth-order valence-corrected chi connectivity index (χ4v) is 3.20. The van der Waals surface area contributed by atoms with E-state index in [-0.39, 0.29) is 6.10 Å². The minimum atomic E-state index is 0.165. The molecule has 0 atom stereocenters. The maximum absolute atomic E-state index is 5.66. The molecule has 0 aliphatic carbocycles. The van der Waals surface area contributed by atoms with Crippen LogP contribution in [0.2, 0.25) is 0 Å². The minimum absolute atomic E-state index is 0.165. The fourth-order valence-electron chi connectivity index (χ4n) is 2.31. The first-order valence-corrected chi connectivity index (χ1v) is 9.50. The summed E-state index contributed by atoms with van der Waals surface area (Å²) >= 11 is 1.62. The van der Waals surface area contributed by atoms with Gasteiger partial charge >= 0.3 is 0 Å². The molecule has 0 aliphatic rings. The third kappa shape index (κ3) is 4.95. The van der Waals surface area contributed by atoms with Gasteiger partial charge in [0, 0.05) is 5.75 Å². The summed E-state index contributed by atoms with van der Waals surface area (Å²) < 4.78 is 7.43. The third-order valence-electron chi connectivity index (χ3n) is 3.55. The topological polar surface area (TPSA) is 52.3 Å². The van der Waals surface area contributed by atoms with Crippen molar-refractivity contribution in [2.45, 2.75) is 37.8 Å². The molecule has 0 aliphatic heterocycles. The zero-order chi connectivity index (χ0) is 18.4. The SMILES string of the molecule is Cc1nnc(SCc2ccccc2)n1/N=C\c1ccc(OC(C)C)cc1. The molecule has 3 rings (SSSR count). The lowest BCUT2D eigenvalue weighted by Crippen LogP contribution is -2.05. The van der Waals surface area contributed by atoms with Crippen LogP contribution in [0.15, 0.2) is 64.9 Å². The highest BCUT2D eigenvalue weighted by Gasteiger charge is 2.08. The van der Waals surface area contributed by atoms with Crippen molar-refractivity contribution in [3.63, 3.8) is 0 Å². The second kappa shape index (κ2) is 8.67. The standard InChI is InChI=1S/C20H22N4OS/c1-15(2)25-19-11-9-17(10-12-19)13-21-24-16(3)22-23-20(24)26-14-18-7-5-4-6-8-18/h4-13,15H,14H2,1-3H3/b21-13-. The van der Waals surface area contributed by atoms with Gasteiger partial charge in [-0.3, -0.25) is 0 Å². The number of nitrogens with zero attached hydrogens (tertiary/aromatic N) is 4. The van der Waals surface area contributed by atoms with E-state index >= 15 is 0 Å². The van der Waals surface area contributed by atoms with E-state index in [0.29, 0.717) is 0 Å². The van der Waals surface area contributed by atoms with Crippen molar-refractivity contribution in [3.05, 3.63) is 71.5 Å². The number of hydrogen-bond acceptors (Lipinski definition) is 5. The van der Waals surface area contributed by atoms with Crippen molar-refractivity contribution >= 4 is 18.0 Å². The van der Waals surface area contributed by atoms with Crippen molar-refractivity contribution in [2.24, 2.45) is 5.10 Å². The minimum Gasteiger partial charge on any atom is -0.491 e. The molecular formula is C20H22N4OS. The molecule has 0 bridgehead atoms. The maximum atomic E-state index is 5.66. The molecule has 2 aromatic carbocycles. The van der Waals surface area contributed by atoms with Crippen LogP contribution in [-0.2, 0) is 5.75 Å². The number of rotatable bonds is 7. The third-order valence-corrected chi connectivity index (χ3v) is 4.54. The average Bonchev–Trinajstić information content (AvgIpc) is 2.99. The van der Waals surface area contributed by atoms with Gasteiger partial charge in [0.05, 0.1) is 12.3 Å². The highest BCUT2D eigenvalue weighted by atomic mass is 32.2. The predicted octanol–water partition coefficient (Wildman–Crippen LogP) is 4.55. The molecule has 0 fully saturated rings. The lowest BCUT2D eigenvalue weighted by Gasteiger charge is -2.09. The molecule has 1 aromatic heterocycles. The van der Waals surface area contributed by atoms with E-state index in [2.05, 4.69) is 27.4 Å². The van der Waals surface area contributed by atoms with Crippen molar-refractivity contribution < 1.29 is 4.74 Å². The first kappa shape index (κ1) is 18.2. The molecule has 0 N–H and O–H groups in total. The van der Waals surface area contributed by atoms with Crippen molar-refractivity contribution in [1.82, 2.24) is 14.9 Å². The molecule has 1 heterocycles. The number of thioether (sulfide) groups is 1. The van der Waals surface area contributed by atoms with Gasteiger partial charge in [-0.1, -0.05) is 42.1 Å². The van der Waals surface area contributed by atoms with Gasteiger partial charge < -0.3 is 4.74 Å². The quantitative estimate of drug-likeness (QED) is 0.455. The van der Waals surface area contributed by atoms with Gasteiger partial charge in [0.1, 0.15) is 5.75 Å². The molecule has 0 spiro atoms. The van der Waals surface area contributed by atoms with Crippen LogP contribution in [0, 0.1) is 6.92 Å². The van der Waals surface area contributed by atoms with E-state index in [9.17, 15) is 0 Å².